The summed E-state index contributed by atoms with van der Waals surface area (Å²) in [6.45, 7) is 10.4. The molecule has 0 aliphatic rings. The summed E-state index contributed by atoms with van der Waals surface area (Å²) in [4.78, 5) is -0.105. The molecule has 400 valence electrons. The van der Waals surface area contributed by atoms with Crippen LogP contribution in [0.3, 0.4) is 0 Å². The van der Waals surface area contributed by atoms with Crippen LogP contribution in [-0.4, -0.2) is 45.1 Å². The first-order chi connectivity index (χ1) is 33.8. The van der Waals surface area contributed by atoms with E-state index in [0.29, 0.717) is 26.4 Å². The van der Waals surface area contributed by atoms with E-state index in [0.717, 1.165) is 77.0 Å². The van der Waals surface area contributed by atoms with Crippen molar-refractivity contribution in [3.05, 3.63) is 24.3 Å². The molecule has 0 bridgehead atoms. The van der Waals surface area contributed by atoms with Crippen LogP contribution in [0, 0.1) is 0 Å². The summed E-state index contributed by atoms with van der Waals surface area (Å²) in [5.74, 6) is 0.0227. The Bertz CT molecular complexity index is 1400. The summed E-state index contributed by atoms with van der Waals surface area (Å²) < 4.78 is 54.1. The highest BCUT2D eigenvalue weighted by atomic mass is 32.2. The molecule has 69 heavy (non-hydrogen) atoms. The lowest BCUT2D eigenvalue weighted by Crippen LogP contribution is -2.08. The third-order valence-electron chi connectivity index (χ3n) is 13.7. The largest absolute Gasteiger partial charge is 0.502 e. The van der Waals surface area contributed by atoms with Gasteiger partial charge in [-0.1, -0.05) is 259 Å². The predicted octanol–water partition coefficient (Wildman–Crippen LogP) is 19.1. The van der Waals surface area contributed by atoms with Gasteiger partial charge in [-0.3, -0.25) is 0 Å². The average molecular weight is 988 g/mol. The molecule has 0 spiro atoms. The minimum Gasteiger partial charge on any atom is -0.502 e. The lowest BCUT2D eigenvalue weighted by molar-refractivity contribution is 0.262. The van der Waals surface area contributed by atoms with Crippen LogP contribution in [0.5, 0.6) is 34.5 Å². The molecule has 0 aliphatic heterocycles. The van der Waals surface area contributed by atoms with Crippen molar-refractivity contribution in [2.75, 3.05) is 26.4 Å². The highest BCUT2D eigenvalue weighted by Gasteiger charge is 2.27. The van der Waals surface area contributed by atoms with Crippen LogP contribution >= 0.6 is 0 Å². The van der Waals surface area contributed by atoms with Crippen LogP contribution in [0.2, 0.25) is 0 Å². The van der Waals surface area contributed by atoms with E-state index in [2.05, 4.69) is 27.7 Å². The number of hydrogen-bond donors (Lipinski definition) is 2. The van der Waals surface area contributed by atoms with E-state index in [1.54, 1.807) is 0 Å². The number of phenols is 2. The molecule has 2 N–H and O–H groups in total. The molecule has 0 saturated heterocycles. The van der Waals surface area contributed by atoms with E-state index in [1.165, 1.54) is 204 Å². The molecule has 0 radical (unpaired) electrons. The summed E-state index contributed by atoms with van der Waals surface area (Å²) in [7, 11) is -4.22. The third kappa shape index (κ3) is 30.0. The van der Waals surface area contributed by atoms with Crippen molar-refractivity contribution in [3.63, 3.8) is 0 Å². The van der Waals surface area contributed by atoms with Crippen LogP contribution in [0.4, 0.5) is 0 Å². The molecular formula is C60H106O8S. The molecule has 8 nitrogen and oxygen atoms in total. The van der Waals surface area contributed by atoms with Gasteiger partial charge in [-0.15, -0.1) is 0 Å². The predicted molar refractivity (Wildman–Crippen MR) is 291 cm³/mol. The van der Waals surface area contributed by atoms with E-state index >= 15 is 0 Å². The molecule has 9 heteroatoms. The maximum absolute atomic E-state index is 14.7. The quantitative estimate of drug-likeness (QED) is 0.0631. The molecular weight excluding hydrogens is 881 g/mol. The summed E-state index contributed by atoms with van der Waals surface area (Å²) >= 11 is 0. The van der Waals surface area contributed by atoms with Gasteiger partial charge < -0.3 is 29.2 Å². The molecule has 0 fully saturated rings. The Labute approximate surface area is 425 Å². The number of ether oxygens (including phenoxy) is 4. The van der Waals surface area contributed by atoms with Gasteiger partial charge in [-0.05, 0) is 25.7 Å². The Kier molecular flexibility index (Phi) is 38.7. The van der Waals surface area contributed by atoms with Crippen LogP contribution in [-0.2, 0) is 9.84 Å². The fraction of sp³-hybridized carbons (Fsp3) is 0.800. The second-order valence-electron chi connectivity index (χ2n) is 20.2. The fourth-order valence-corrected chi connectivity index (χ4v) is 10.4. The monoisotopic (exact) mass is 987 g/mol. The molecule has 0 atom stereocenters. The van der Waals surface area contributed by atoms with Crippen molar-refractivity contribution in [1.29, 1.82) is 0 Å². The van der Waals surface area contributed by atoms with Gasteiger partial charge >= 0.3 is 0 Å². The van der Waals surface area contributed by atoms with Crippen LogP contribution in [0.15, 0.2) is 34.1 Å². The fourth-order valence-electron chi connectivity index (χ4n) is 9.09. The summed E-state index contributed by atoms with van der Waals surface area (Å²) in [5.41, 5.74) is 0. The third-order valence-corrected chi connectivity index (χ3v) is 15.4. The van der Waals surface area contributed by atoms with E-state index < -0.39 is 9.84 Å². The Morgan fingerprint density at radius 3 is 0.623 bits per heavy atom. The molecule has 0 saturated carbocycles. The smallest absolute Gasteiger partial charge is 0.207 e. The van der Waals surface area contributed by atoms with Crippen LogP contribution < -0.4 is 18.9 Å². The number of phenolic OH excluding ortho intramolecular Hbond substituents is 2. The topological polar surface area (TPSA) is 112 Å². The molecule has 0 aliphatic carbocycles. The molecule has 2 aromatic carbocycles. The molecule has 0 heterocycles. The first-order valence-electron chi connectivity index (χ1n) is 29.3. The SMILES string of the molecule is CCCCCCCCCCCCOc1cc(S(=O)(=O)c2cc(OCCCCCCCCCCCC)c(O)c(OCCCCCCCCCCCC)c2)cc(OCCCCCCCCCCCC)c1O. The number of sulfone groups is 1. The van der Waals surface area contributed by atoms with E-state index in [1.807, 2.05) is 0 Å². The van der Waals surface area contributed by atoms with E-state index in [-0.39, 0.29) is 44.3 Å². The number of aromatic hydroxyl groups is 2. The Morgan fingerprint density at radius 2 is 0.449 bits per heavy atom. The summed E-state index contributed by atoms with van der Waals surface area (Å²) in [6.07, 6.45) is 47.5. The van der Waals surface area contributed by atoms with Gasteiger partial charge in [-0.2, -0.15) is 0 Å². The lowest BCUT2D eigenvalue weighted by atomic mass is 10.1. The van der Waals surface area contributed by atoms with Gasteiger partial charge in [0.1, 0.15) is 0 Å². The second kappa shape index (κ2) is 42.8. The molecule has 0 amide bonds. The van der Waals surface area contributed by atoms with Gasteiger partial charge in [-0.25, -0.2) is 8.42 Å². The Hall–Kier alpha value is -2.81. The molecule has 0 aromatic heterocycles. The van der Waals surface area contributed by atoms with Gasteiger partial charge in [0, 0.05) is 24.3 Å². The van der Waals surface area contributed by atoms with Crippen molar-refractivity contribution >= 4 is 9.84 Å². The van der Waals surface area contributed by atoms with Crippen molar-refractivity contribution in [1.82, 2.24) is 0 Å². The standard InChI is InChI=1S/C60H106O8S/c1-5-9-13-17-21-25-29-33-37-41-45-65-55-49-53(50-56(59(55)61)66-46-42-38-34-30-26-22-18-14-10-6-2)69(63,64)54-51-57(67-47-43-39-35-31-27-23-19-15-11-7-3)60(62)58(52-54)68-48-44-40-36-32-28-24-20-16-12-8-4/h49-52,61-62H,5-48H2,1-4H3. The zero-order valence-corrected chi connectivity index (χ0v) is 46.0. The Balaban J connectivity index is 2.23. The van der Waals surface area contributed by atoms with Gasteiger partial charge in [0.15, 0.2) is 23.0 Å². The molecule has 2 aromatic rings. The van der Waals surface area contributed by atoms with Crippen LogP contribution in [0.1, 0.15) is 285 Å². The van der Waals surface area contributed by atoms with Gasteiger partial charge in [0.25, 0.3) is 0 Å². The van der Waals surface area contributed by atoms with Gasteiger partial charge in [0.05, 0.1) is 36.2 Å². The minimum atomic E-state index is -4.22. The number of rotatable bonds is 50. The van der Waals surface area contributed by atoms with Gasteiger partial charge in [0.2, 0.25) is 21.3 Å². The van der Waals surface area contributed by atoms with E-state index in [9.17, 15) is 18.6 Å². The maximum Gasteiger partial charge on any atom is 0.207 e. The minimum absolute atomic E-state index is 0.0524. The number of hydrogen-bond acceptors (Lipinski definition) is 8. The first kappa shape index (κ1) is 62.3. The second-order valence-corrected chi connectivity index (χ2v) is 22.1. The van der Waals surface area contributed by atoms with E-state index in [4.69, 9.17) is 18.9 Å². The normalized spacial score (nSPS) is 11.7. The highest BCUT2D eigenvalue weighted by Crippen LogP contribution is 2.44. The average Bonchev–Trinajstić information content (AvgIpc) is 3.34. The Morgan fingerprint density at radius 1 is 0.290 bits per heavy atom. The molecule has 2 rings (SSSR count). The maximum atomic E-state index is 14.7. The highest BCUT2D eigenvalue weighted by molar-refractivity contribution is 7.91. The number of unbranched alkanes of at least 4 members (excludes halogenated alkanes) is 36. The van der Waals surface area contributed by atoms with Crippen molar-refractivity contribution in [3.8, 4) is 34.5 Å². The van der Waals surface area contributed by atoms with Crippen molar-refractivity contribution in [2.24, 2.45) is 0 Å². The summed E-state index contributed by atoms with van der Waals surface area (Å²) in [6, 6.07) is 5.65. The lowest BCUT2D eigenvalue weighted by Gasteiger charge is -2.17. The summed E-state index contributed by atoms with van der Waals surface area (Å²) in [5, 5.41) is 22.9. The zero-order valence-electron chi connectivity index (χ0n) is 45.2. The van der Waals surface area contributed by atoms with Crippen LogP contribution in [0.25, 0.3) is 0 Å². The van der Waals surface area contributed by atoms with Crippen molar-refractivity contribution in [2.45, 2.75) is 294 Å². The van der Waals surface area contributed by atoms with Crippen molar-refractivity contribution < 1.29 is 37.6 Å². The zero-order chi connectivity index (χ0) is 49.9. The molecule has 0 unspecified atom stereocenters. The number of benzene rings is 2. The first-order valence-corrected chi connectivity index (χ1v) is 30.8.